The first-order valence-electron chi connectivity index (χ1n) is 6.50. The number of imidazole rings is 1. The highest BCUT2D eigenvalue weighted by atomic mass is 35.5. The quantitative estimate of drug-likeness (QED) is 0.678. The highest BCUT2D eigenvalue weighted by Crippen LogP contribution is 2.25. The number of hydrogen-bond acceptors (Lipinski definition) is 4. The van der Waals surface area contributed by atoms with E-state index in [-0.39, 0.29) is 17.5 Å². The minimum absolute atomic E-state index is 0.152. The second-order valence-corrected chi connectivity index (χ2v) is 5.58. The van der Waals surface area contributed by atoms with Crippen molar-refractivity contribution >= 4 is 34.2 Å². The van der Waals surface area contributed by atoms with E-state index in [0.717, 1.165) is 10.9 Å². The van der Waals surface area contributed by atoms with Crippen molar-refractivity contribution in [3.8, 4) is 5.75 Å². The van der Waals surface area contributed by atoms with Gasteiger partial charge in [0.1, 0.15) is 17.7 Å². The van der Waals surface area contributed by atoms with Gasteiger partial charge in [-0.15, -0.1) is 0 Å². The molecule has 0 N–H and O–H groups in total. The maximum atomic E-state index is 11.7. The number of ether oxygens (including phenoxy) is 1. The first-order valence-corrected chi connectivity index (χ1v) is 7.26. The zero-order valence-electron chi connectivity index (χ0n) is 11.9. The Hall–Kier alpha value is -1.98. The summed E-state index contributed by atoms with van der Waals surface area (Å²) in [5.74, 6) is 0.555. The van der Waals surface area contributed by atoms with E-state index in [1.807, 2.05) is 13.0 Å². The molecule has 0 unspecified atom stereocenters. The molecule has 0 amide bonds. The third-order valence-electron chi connectivity index (χ3n) is 3.53. The zero-order valence-corrected chi connectivity index (χ0v) is 13.4. The highest BCUT2D eigenvalue weighted by molar-refractivity contribution is 6.40. The van der Waals surface area contributed by atoms with E-state index >= 15 is 0 Å². The van der Waals surface area contributed by atoms with E-state index in [9.17, 15) is 4.79 Å². The maximum absolute atomic E-state index is 11.7. The number of rotatable bonds is 3. The maximum Gasteiger partial charge on any atom is 0.339 e. The summed E-state index contributed by atoms with van der Waals surface area (Å²) in [6.45, 7) is 3.79. The number of aryl methyl sites for hydroxylation is 1. The minimum atomic E-state index is -0.341. The van der Waals surface area contributed by atoms with Crippen LogP contribution in [0.2, 0.25) is 10.3 Å². The third-order valence-corrected chi connectivity index (χ3v) is 4.30. The van der Waals surface area contributed by atoms with Gasteiger partial charge in [-0.05, 0) is 31.5 Å². The van der Waals surface area contributed by atoms with Crippen LogP contribution in [-0.4, -0.2) is 9.55 Å². The Morgan fingerprint density at radius 2 is 2.05 bits per heavy atom. The minimum Gasteiger partial charge on any atom is -0.473 e. The van der Waals surface area contributed by atoms with Crippen molar-refractivity contribution in [2.45, 2.75) is 20.6 Å². The lowest BCUT2D eigenvalue weighted by atomic mass is 10.1. The average molecular weight is 339 g/mol. The zero-order chi connectivity index (χ0) is 15.9. The van der Waals surface area contributed by atoms with Crippen LogP contribution in [-0.2, 0) is 6.73 Å². The second-order valence-electron chi connectivity index (χ2n) is 4.87. The van der Waals surface area contributed by atoms with Gasteiger partial charge in [-0.2, -0.15) is 0 Å². The standard InChI is InChI=1S/C15H12Cl2N2O3/c1-8-9(2)15(20)22-12-5-10(3-4-11(8)12)21-7-19-6-18-13(16)14(19)17/h3-6H,7H2,1-2H3. The Balaban J connectivity index is 1.91. The third kappa shape index (κ3) is 2.58. The van der Waals surface area contributed by atoms with Gasteiger partial charge in [0.05, 0.1) is 0 Å². The highest BCUT2D eigenvalue weighted by Gasteiger charge is 2.09. The van der Waals surface area contributed by atoms with Crippen LogP contribution in [0.5, 0.6) is 5.75 Å². The lowest BCUT2D eigenvalue weighted by Crippen LogP contribution is -2.06. The van der Waals surface area contributed by atoms with Crippen LogP contribution in [0.3, 0.4) is 0 Å². The van der Waals surface area contributed by atoms with Crippen LogP contribution in [0, 0.1) is 13.8 Å². The molecule has 0 saturated heterocycles. The van der Waals surface area contributed by atoms with Crippen LogP contribution in [0.25, 0.3) is 11.0 Å². The number of fused-ring (bicyclic) bond motifs is 1. The van der Waals surface area contributed by atoms with Crippen LogP contribution in [0.4, 0.5) is 0 Å². The fourth-order valence-corrected chi connectivity index (χ4v) is 2.39. The van der Waals surface area contributed by atoms with Crippen LogP contribution < -0.4 is 10.4 Å². The van der Waals surface area contributed by atoms with E-state index < -0.39 is 0 Å². The van der Waals surface area contributed by atoms with Crippen molar-refractivity contribution in [1.29, 1.82) is 0 Å². The molecule has 0 spiro atoms. The summed E-state index contributed by atoms with van der Waals surface area (Å²) < 4.78 is 12.5. The second kappa shape index (κ2) is 5.66. The Morgan fingerprint density at radius 1 is 1.27 bits per heavy atom. The Labute approximate surface area is 136 Å². The molecule has 3 rings (SSSR count). The van der Waals surface area contributed by atoms with Gasteiger partial charge in [-0.3, -0.25) is 4.57 Å². The molecule has 0 atom stereocenters. The summed E-state index contributed by atoms with van der Waals surface area (Å²) in [6, 6.07) is 5.34. The summed E-state index contributed by atoms with van der Waals surface area (Å²) >= 11 is 11.7. The number of halogens is 2. The Kier molecular flexibility index (Phi) is 3.85. The van der Waals surface area contributed by atoms with E-state index in [4.69, 9.17) is 32.4 Å². The summed E-state index contributed by atoms with van der Waals surface area (Å²) in [6.07, 6.45) is 1.49. The van der Waals surface area contributed by atoms with Crippen molar-refractivity contribution in [3.63, 3.8) is 0 Å². The SMILES string of the molecule is Cc1c(C)c2ccc(OCn3cnc(Cl)c3Cl)cc2oc1=O. The number of benzene rings is 1. The largest absolute Gasteiger partial charge is 0.473 e. The van der Waals surface area contributed by atoms with Crippen molar-refractivity contribution in [1.82, 2.24) is 9.55 Å². The predicted molar refractivity (Wildman–Crippen MR) is 84.8 cm³/mol. The number of nitrogens with zero attached hydrogens (tertiary/aromatic N) is 2. The topological polar surface area (TPSA) is 57.3 Å². The first kappa shape index (κ1) is 14.9. The Bertz CT molecular complexity index is 915. The van der Waals surface area contributed by atoms with Gasteiger partial charge in [0.2, 0.25) is 0 Å². The van der Waals surface area contributed by atoms with Crippen molar-refractivity contribution in [2.75, 3.05) is 0 Å². The lowest BCUT2D eigenvalue weighted by molar-refractivity contribution is 0.236. The first-order chi connectivity index (χ1) is 10.5. The van der Waals surface area contributed by atoms with Gasteiger partial charge in [0, 0.05) is 17.0 Å². The van der Waals surface area contributed by atoms with Crippen LogP contribution >= 0.6 is 23.2 Å². The monoisotopic (exact) mass is 338 g/mol. The van der Waals surface area contributed by atoms with E-state index in [2.05, 4.69) is 4.98 Å². The number of aromatic nitrogens is 2. The molecule has 114 valence electrons. The fraction of sp³-hybridized carbons (Fsp3) is 0.200. The lowest BCUT2D eigenvalue weighted by Gasteiger charge is -2.09. The molecule has 2 aromatic heterocycles. The van der Waals surface area contributed by atoms with Gasteiger partial charge in [-0.1, -0.05) is 23.2 Å². The summed E-state index contributed by atoms with van der Waals surface area (Å²) in [5, 5.41) is 1.41. The molecule has 0 saturated carbocycles. The van der Waals surface area contributed by atoms with Gasteiger partial charge < -0.3 is 9.15 Å². The molecule has 3 aromatic rings. The molecule has 5 nitrogen and oxygen atoms in total. The molecular weight excluding hydrogens is 327 g/mol. The molecule has 0 radical (unpaired) electrons. The normalized spacial score (nSPS) is 11.1. The average Bonchev–Trinajstić information content (AvgIpc) is 2.82. The molecule has 7 heteroatoms. The van der Waals surface area contributed by atoms with E-state index in [1.54, 1.807) is 23.6 Å². The van der Waals surface area contributed by atoms with Crippen molar-refractivity contribution in [2.24, 2.45) is 0 Å². The summed E-state index contributed by atoms with van der Waals surface area (Å²) in [4.78, 5) is 15.6. The van der Waals surface area contributed by atoms with Gasteiger partial charge in [0.25, 0.3) is 0 Å². The van der Waals surface area contributed by atoms with Gasteiger partial charge in [-0.25, -0.2) is 9.78 Å². The molecule has 0 bridgehead atoms. The summed E-state index contributed by atoms with van der Waals surface area (Å²) in [7, 11) is 0. The number of hydrogen-bond donors (Lipinski definition) is 0. The fourth-order valence-electron chi connectivity index (χ4n) is 2.10. The smallest absolute Gasteiger partial charge is 0.339 e. The molecule has 1 aromatic carbocycles. The molecule has 2 heterocycles. The van der Waals surface area contributed by atoms with Crippen molar-refractivity contribution < 1.29 is 9.15 Å². The molecule has 0 fully saturated rings. The molecule has 0 aliphatic rings. The van der Waals surface area contributed by atoms with E-state index in [1.165, 1.54) is 6.33 Å². The van der Waals surface area contributed by atoms with Gasteiger partial charge in [0.15, 0.2) is 17.0 Å². The van der Waals surface area contributed by atoms with Crippen LogP contribution in [0.15, 0.2) is 33.7 Å². The predicted octanol–water partition coefficient (Wildman–Crippen LogP) is 3.95. The molecule has 0 aliphatic heterocycles. The molecular formula is C15H12Cl2N2O3. The van der Waals surface area contributed by atoms with Crippen LogP contribution in [0.1, 0.15) is 11.1 Å². The van der Waals surface area contributed by atoms with Gasteiger partial charge >= 0.3 is 5.63 Å². The summed E-state index contributed by atoms with van der Waals surface area (Å²) in [5.41, 5.74) is 1.66. The van der Waals surface area contributed by atoms with E-state index in [0.29, 0.717) is 22.0 Å². The molecule has 0 aliphatic carbocycles. The molecule has 22 heavy (non-hydrogen) atoms. The van der Waals surface area contributed by atoms with Crippen molar-refractivity contribution in [3.05, 3.63) is 56.4 Å². The Morgan fingerprint density at radius 3 is 2.73 bits per heavy atom.